The molecule has 1 N–H and O–H groups in total. The van der Waals surface area contributed by atoms with Gasteiger partial charge in [-0.1, -0.05) is 47.5 Å². The Balaban J connectivity index is 2.45. The molecule has 4 heteroatoms. The van der Waals surface area contributed by atoms with Gasteiger partial charge in [-0.2, -0.15) is 0 Å². The monoisotopic (exact) mass is 328 g/mol. The van der Waals surface area contributed by atoms with Crippen molar-refractivity contribution in [1.82, 2.24) is 0 Å². The third kappa shape index (κ3) is 6.21. The molecule has 0 fully saturated rings. The second-order valence-electron chi connectivity index (χ2n) is 4.59. The van der Waals surface area contributed by atoms with Crippen molar-refractivity contribution in [3.8, 4) is 0 Å². The minimum atomic E-state index is -0.755. The number of aliphatic carboxylic acids is 1. The van der Waals surface area contributed by atoms with Crippen LogP contribution in [0.4, 0.5) is 0 Å². The van der Waals surface area contributed by atoms with Gasteiger partial charge < -0.3 is 9.84 Å². The lowest BCUT2D eigenvalue weighted by Gasteiger charge is -2.13. The summed E-state index contributed by atoms with van der Waals surface area (Å²) in [4.78, 5) is 11.3. The van der Waals surface area contributed by atoms with Gasteiger partial charge >= 0.3 is 5.97 Å². The molecule has 0 spiro atoms. The van der Waals surface area contributed by atoms with Crippen LogP contribution in [0, 0.1) is 5.92 Å². The van der Waals surface area contributed by atoms with E-state index in [0.29, 0.717) is 19.4 Å². The van der Waals surface area contributed by atoms with E-state index in [1.54, 1.807) is 0 Å². The Hall–Kier alpha value is -0.870. The van der Waals surface area contributed by atoms with E-state index in [2.05, 4.69) is 22.9 Å². The zero-order chi connectivity index (χ0) is 14.1. The molecule has 0 aliphatic rings. The van der Waals surface area contributed by atoms with E-state index in [0.717, 1.165) is 29.5 Å². The van der Waals surface area contributed by atoms with Crippen LogP contribution in [-0.4, -0.2) is 24.3 Å². The lowest BCUT2D eigenvalue weighted by molar-refractivity contribution is -0.142. The number of ether oxygens (including phenoxy) is 1. The number of rotatable bonds is 9. The Kier molecular flexibility index (Phi) is 7.75. The van der Waals surface area contributed by atoms with Crippen LogP contribution < -0.4 is 0 Å². The van der Waals surface area contributed by atoms with Crippen LogP contribution in [0.3, 0.4) is 0 Å². The molecule has 1 aromatic rings. The summed E-state index contributed by atoms with van der Waals surface area (Å²) in [7, 11) is 0. The minimum Gasteiger partial charge on any atom is -0.481 e. The number of hydrogen-bond donors (Lipinski definition) is 1. The molecule has 106 valence electrons. The summed E-state index contributed by atoms with van der Waals surface area (Å²) in [5.41, 5.74) is 1.03. The van der Waals surface area contributed by atoms with Crippen molar-refractivity contribution in [2.45, 2.75) is 32.6 Å². The van der Waals surface area contributed by atoms with Gasteiger partial charge in [-0.15, -0.1) is 0 Å². The fraction of sp³-hybridized carbons (Fsp3) is 0.533. The molecule has 3 nitrogen and oxygen atoms in total. The summed E-state index contributed by atoms with van der Waals surface area (Å²) in [6.07, 6.45) is 3.22. The third-order valence-electron chi connectivity index (χ3n) is 3.03. The first kappa shape index (κ1) is 16.2. The van der Waals surface area contributed by atoms with Crippen LogP contribution in [0.1, 0.15) is 31.7 Å². The van der Waals surface area contributed by atoms with Crippen LogP contribution in [0.15, 0.2) is 28.7 Å². The molecule has 19 heavy (non-hydrogen) atoms. The molecular weight excluding hydrogens is 308 g/mol. The molecule has 0 aliphatic heterocycles. The quantitative estimate of drug-likeness (QED) is 0.699. The molecular formula is C15H21BrO3. The topological polar surface area (TPSA) is 46.5 Å². The summed E-state index contributed by atoms with van der Waals surface area (Å²) in [6, 6.07) is 7.75. The van der Waals surface area contributed by atoms with Gasteiger partial charge in [0.15, 0.2) is 0 Å². The van der Waals surface area contributed by atoms with Gasteiger partial charge in [0, 0.05) is 17.7 Å². The fourth-order valence-corrected chi connectivity index (χ4v) is 2.26. The van der Waals surface area contributed by atoms with Crippen molar-refractivity contribution < 1.29 is 14.6 Å². The van der Waals surface area contributed by atoms with Crippen LogP contribution in [0.5, 0.6) is 0 Å². The average Bonchev–Trinajstić information content (AvgIpc) is 2.39. The molecule has 1 atom stereocenters. The van der Waals surface area contributed by atoms with Crippen LogP contribution >= 0.6 is 15.9 Å². The number of benzene rings is 1. The second kappa shape index (κ2) is 9.10. The lowest BCUT2D eigenvalue weighted by Crippen LogP contribution is -2.19. The Morgan fingerprint density at radius 3 is 2.74 bits per heavy atom. The van der Waals surface area contributed by atoms with Crippen LogP contribution in [-0.2, 0) is 16.0 Å². The summed E-state index contributed by atoms with van der Waals surface area (Å²) >= 11 is 3.45. The lowest BCUT2D eigenvalue weighted by atomic mass is 9.97. The van der Waals surface area contributed by atoms with E-state index >= 15 is 0 Å². The molecule has 1 unspecified atom stereocenters. The van der Waals surface area contributed by atoms with E-state index in [-0.39, 0.29) is 5.92 Å². The van der Waals surface area contributed by atoms with Gasteiger partial charge in [0.25, 0.3) is 0 Å². The van der Waals surface area contributed by atoms with Crippen molar-refractivity contribution in [1.29, 1.82) is 0 Å². The predicted octanol–water partition coefficient (Wildman–Crippen LogP) is 3.90. The second-order valence-corrected chi connectivity index (χ2v) is 5.44. The number of carboxylic acid groups (broad SMARTS) is 1. The highest BCUT2D eigenvalue weighted by molar-refractivity contribution is 9.10. The molecule has 0 aromatic heterocycles. The van der Waals surface area contributed by atoms with Gasteiger partial charge in [-0.25, -0.2) is 0 Å². The number of unbranched alkanes of at least 4 members (excludes halogenated alkanes) is 1. The smallest absolute Gasteiger partial charge is 0.306 e. The van der Waals surface area contributed by atoms with Crippen LogP contribution in [0.25, 0.3) is 0 Å². The van der Waals surface area contributed by atoms with Gasteiger partial charge in [-0.05, 0) is 30.9 Å². The standard InChI is InChI=1S/C15H21BrO3/c1-2-3-9-19-10-8-13(15(17)18)11-12-6-4-5-7-14(12)16/h4-7,13H,2-3,8-11H2,1H3,(H,17,18). The molecule has 0 aliphatic carbocycles. The Bertz CT molecular complexity index is 393. The largest absolute Gasteiger partial charge is 0.481 e. The first-order chi connectivity index (χ1) is 9.15. The number of carbonyl (C=O) groups is 1. The minimum absolute atomic E-state index is 0.389. The highest BCUT2D eigenvalue weighted by Crippen LogP contribution is 2.21. The van der Waals surface area contributed by atoms with E-state index in [1.807, 2.05) is 24.3 Å². The Morgan fingerprint density at radius 1 is 1.37 bits per heavy atom. The van der Waals surface area contributed by atoms with Crippen molar-refractivity contribution in [3.05, 3.63) is 34.3 Å². The highest BCUT2D eigenvalue weighted by Gasteiger charge is 2.18. The van der Waals surface area contributed by atoms with Gasteiger partial charge in [0.2, 0.25) is 0 Å². The van der Waals surface area contributed by atoms with Gasteiger partial charge in [0.1, 0.15) is 0 Å². The highest BCUT2D eigenvalue weighted by atomic mass is 79.9. The van der Waals surface area contributed by atoms with Crippen molar-refractivity contribution in [2.24, 2.45) is 5.92 Å². The van der Waals surface area contributed by atoms with E-state index in [9.17, 15) is 9.90 Å². The zero-order valence-electron chi connectivity index (χ0n) is 11.3. The maximum absolute atomic E-state index is 11.3. The maximum Gasteiger partial charge on any atom is 0.306 e. The predicted molar refractivity (Wildman–Crippen MR) is 79.3 cm³/mol. The SMILES string of the molecule is CCCCOCCC(Cc1ccccc1Br)C(=O)O. The van der Waals surface area contributed by atoms with Crippen molar-refractivity contribution >= 4 is 21.9 Å². The molecule has 0 bridgehead atoms. The first-order valence-corrected chi connectivity index (χ1v) is 7.48. The summed E-state index contributed by atoms with van der Waals surface area (Å²) < 4.78 is 6.41. The number of carboxylic acids is 1. The molecule has 0 heterocycles. The molecule has 0 radical (unpaired) electrons. The van der Waals surface area contributed by atoms with E-state index < -0.39 is 5.97 Å². The number of halogens is 1. The molecule has 0 saturated heterocycles. The molecule has 0 amide bonds. The van der Waals surface area contributed by atoms with E-state index in [4.69, 9.17) is 4.74 Å². The summed E-state index contributed by atoms with van der Waals surface area (Å²) in [5, 5.41) is 9.26. The average molecular weight is 329 g/mol. The van der Waals surface area contributed by atoms with Gasteiger partial charge in [-0.3, -0.25) is 4.79 Å². The first-order valence-electron chi connectivity index (χ1n) is 6.69. The zero-order valence-corrected chi connectivity index (χ0v) is 12.9. The normalized spacial score (nSPS) is 12.3. The Morgan fingerprint density at radius 2 is 2.11 bits per heavy atom. The summed E-state index contributed by atoms with van der Waals surface area (Å²) in [6.45, 7) is 3.34. The summed E-state index contributed by atoms with van der Waals surface area (Å²) in [5.74, 6) is -1.14. The molecule has 1 aromatic carbocycles. The van der Waals surface area contributed by atoms with E-state index in [1.165, 1.54) is 0 Å². The molecule has 1 rings (SSSR count). The van der Waals surface area contributed by atoms with Crippen molar-refractivity contribution in [3.63, 3.8) is 0 Å². The third-order valence-corrected chi connectivity index (χ3v) is 3.80. The fourth-order valence-electron chi connectivity index (χ4n) is 1.82. The maximum atomic E-state index is 11.3. The van der Waals surface area contributed by atoms with Crippen molar-refractivity contribution in [2.75, 3.05) is 13.2 Å². The Labute approximate surface area is 123 Å². The number of hydrogen-bond acceptors (Lipinski definition) is 2. The van der Waals surface area contributed by atoms with Crippen LogP contribution in [0.2, 0.25) is 0 Å². The molecule has 0 saturated carbocycles. The van der Waals surface area contributed by atoms with Gasteiger partial charge in [0.05, 0.1) is 5.92 Å².